The number of fused-ring (bicyclic) bond motifs is 2. The number of anilines is 1. The predicted molar refractivity (Wildman–Crippen MR) is 102 cm³/mol. The fourth-order valence-corrected chi connectivity index (χ4v) is 3.71. The summed E-state index contributed by atoms with van der Waals surface area (Å²) in [7, 11) is 0. The molecule has 3 aromatic heterocycles. The van der Waals surface area contributed by atoms with Gasteiger partial charge in [-0.1, -0.05) is 18.2 Å². The van der Waals surface area contributed by atoms with E-state index in [1.165, 1.54) is 6.33 Å². The molecule has 1 saturated heterocycles. The highest BCUT2D eigenvalue weighted by atomic mass is 16.2. The first-order chi connectivity index (χ1) is 13.3. The summed E-state index contributed by atoms with van der Waals surface area (Å²) in [6, 6.07) is 8.07. The van der Waals surface area contributed by atoms with E-state index in [1.54, 1.807) is 6.33 Å². The summed E-state index contributed by atoms with van der Waals surface area (Å²) in [5.74, 6) is 1.01. The number of piperazine rings is 1. The van der Waals surface area contributed by atoms with Gasteiger partial charge in [0.05, 0.1) is 12.7 Å². The molecule has 8 nitrogen and oxygen atoms in total. The molecule has 1 fully saturated rings. The van der Waals surface area contributed by atoms with Gasteiger partial charge in [-0.25, -0.2) is 15.0 Å². The van der Waals surface area contributed by atoms with Gasteiger partial charge in [0.2, 0.25) is 5.91 Å². The number of nitrogens with one attached hydrogen (secondary N) is 2. The molecule has 8 heteroatoms. The summed E-state index contributed by atoms with van der Waals surface area (Å²) in [5, 5.41) is 1.12. The van der Waals surface area contributed by atoms with Crippen LogP contribution in [0.3, 0.4) is 0 Å². The lowest BCUT2D eigenvalue weighted by Crippen LogP contribution is -2.49. The van der Waals surface area contributed by atoms with Crippen LogP contribution in [0.1, 0.15) is 5.56 Å². The Balaban J connectivity index is 1.27. The number of hydrogen-bond donors (Lipinski definition) is 2. The molecule has 1 aliphatic heterocycles. The number of hydrogen-bond acceptors (Lipinski definition) is 5. The van der Waals surface area contributed by atoms with Crippen molar-refractivity contribution in [2.75, 3.05) is 31.1 Å². The lowest BCUT2D eigenvalue weighted by molar-refractivity contribution is -0.130. The van der Waals surface area contributed by atoms with Crippen LogP contribution in [0.15, 0.2) is 43.1 Å². The number of benzene rings is 1. The summed E-state index contributed by atoms with van der Waals surface area (Å²) in [4.78, 5) is 36.0. The van der Waals surface area contributed by atoms with E-state index < -0.39 is 0 Å². The van der Waals surface area contributed by atoms with E-state index in [4.69, 9.17) is 0 Å². The molecule has 2 N–H and O–H groups in total. The van der Waals surface area contributed by atoms with Gasteiger partial charge >= 0.3 is 0 Å². The molecule has 1 amide bonds. The topological polar surface area (TPSA) is 93.8 Å². The van der Waals surface area contributed by atoms with Crippen LogP contribution in [0.5, 0.6) is 0 Å². The average Bonchev–Trinajstić information content (AvgIpc) is 3.35. The van der Waals surface area contributed by atoms with Gasteiger partial charge in [0, 0.05) is 43.3 Å². The van der Waals surface area contributed by atoms with E-state index >= 15 is 0 Å². The quantitative estimate of drug-likeness (QED) is 0.580. The molecule has 136 valence electrons. The van der Waals surface area contributed by atoms with Gasteiger partial charge < -0.3 is 19.8 Å². The second-order valence-corrected chi connectivity index (χ2v) is 6.70. The van der Waals surface area contributed by atoms with E-state index in [1.807, 2.05) is 29.3 Å². The number of amides is 1. The number of imidazole rings is 1. The lowest BCUT2D eigenvalue weighted by atomic mass is 10.1. The maximum Gasteiger partial charge on any atom is 0.227 e. The first-order valence-electron chi connectivity index (χ1n) is 9.01. The first-order valence-corrected chi connectivity index (χ1v) is 9.01. The standard InChI is InChI=1S/C19H19N7O/c27-16(9-13-10-20-15-4-2-1-3-14(13)15)25-5-7-26(8-6-25)19-17-18(22-11-21-17)23-12-24-19/h1-4,10-12,20H,5-9H2,(H,21,22,23,24). The van der Waals surface area contributed by atoms with E-state index in [-0.39, 0.29) is 5.91 Å². The zero-order valence-electron chi connectivity index (χ0n) is 14.7. The van der Waals surface area contributed by atoms with E-state index in [0.717, 1.165) is 40.9 Å². The molecule has 0 atom stereocenters. The molecular formula is C19H19N7O. The molecule has 1 aromatic carbocycles. The summed E-state index contributed by atoms with van der Waals surface area (Å²) in [5.41, 5.74) is 3.62. The van der Waals surface area contributed by atoms with E-state index in [9.17, 15) is 4.79 Å². The van der Waals surface area contributed by atoms with Gasteiger partial charge in [0.1, 0.15) is 11.8 Å². The Hall–Kier alpha value is -3.42. The van der Waals surface area contributed by atoms with Crippen LogP contribution in [0.25, 0.3) is 22.1 Å². The zero-order chi connectivity index (χ0) is 18.2. The number of H-pyrrole nitrogens is 2. The van der Waals surface area contributed by atoms with Gasteiger partial charge in [0.15, 0.2) is 11.5 Å². The molecule has 0 saturated carbocycles. The summed E-state index contributed by atoms with van der Waals surface area (Å²) in [6.45, 7) is 2.84. The second-order valence-electron chi connectivity index (χ2n) is 6.70. The van der Waals surface area contributed by atoms with Crippen LogP contribution < -0.4 is 4.90 Å². The van der Waals surface area contributed by atoms with E-state index in [0.29, 0.717) is 25.2 Å². The van der Waals surface area contributed by atoms with Crippen molar-refractivity contribution in [2.24, 2.45) is 0 Å². The Morgan fingerprint density at radius 1 is 1.04 bits per heavy atom. The molecule has 0 aliphatic carbocycles. The van der Waals surface area contributed by atoms with Crippen molar-refractivity contribution in [3.63, 3.8) is 0 Å². The Morgan fingerprint density at radius 2 is 1.89 bits per heavy atom. The summed E-state index contributed by atoms with van der Waals surface area (Å²) < 4.78 is 0. The maximum atomic E-state index is 12.8. The molecule has 0 unspecified atom stereocenters. The van der Waals surface area contributed by atoms with Crippen molar-refractivity contribution < 1.29 is 4.79 Å². The fourth-order valence-electron chi connectivity index (χ4n) is 3.71. The van der Waals surface area contributed by atoms with Crippen LogP contribution in [-0.2, 0) is 11.2 Å². The predicted octanol–water partition coefficient (Wildman–Crippen LogP) is 1.73. The molecule has 5 rings (SSSR count). The molecule has 0 bridgehead atoms. The van der Waals surface area contributed by atoms with Crippen LogP contribution in [0.2, 0.25) is 0 Å². The molecule has 1 aliphatic rings. The number of nitrogens with zero attached hydrogens (tertiary/aromatic N) is 5. The Bertz CT molecular complexity index is 1110. The van der Waals surface area contributed by atoms with Gasteiger partial charge in [0.25, 0.3) is 0 Å². The SMILES string of the molecule is O=C(Cc1c[nH]c2ccccc12)N1CCN(c2ncnc3nc[nH]c23)CC1. The van der Waals surface area contributed by atoms with Crippen molar-refractivity contribution in [3.05, 3.63) is 48.7 Å². The van der Waals surface area contributed by atoms with Crippen molar-refractivity contribution >= 4 is 33.8 Å². The largest absolute Gasteiger partial charge is 0.361 e. The van der Waals surface area contributed by atoms with E-state index in [2.05, 4.69) is 35.9 Å². The minimum atomic E-state index is 0.161. The third kappa shape index (κ3) is 2.79. The number of carbonyl (C=O) groups is 1. The molecule has 27 heavy (non-hydrogen) atoms. The van der Waals surface area contributed by atoms with Gasteiger partial charge in [-0.05, 0) is 11.6 Å². The third-order valence-corrected chi connectivity index (χ3v) is 5.15. The summed E-state index contributed by atoms with van der Waals surface area (Å²) >= 11 is 0. The maximum absolute atomic E-state index is 12.8. The van der Waals surface area contributed by atoms with Crippen LogP contribution in [-0.4, -0.2) is 61.9 Å². The minimum Gasteiger partial charge on any atom is -0.361 e. The van der Waals surface area contributed by atoms with Crippen LogP contribution in [0.4, 0.5) is 5.82 Å². The average molecular weight is 361 g/mol. The van der Waals surface area contributed by atoms with Gasteiger partial charge in [-0.15, -0.1) is 0 Å². The third-order valence-electron chi connectivity index (χ3n) is 5.15. The smallest absolute Gasteiger partial charge is 0.227 e. The number of rotatable bonds is 3. The Labute approximate surface area is 155 Å². The molecule has 0 spiro atoms. The molecular weight excluding hydrogens is 342 g/mol. The highest BCUT2D eigenvalue weighted by molar-refractivity contribution is 5.89. The molecule has 4 aromatic rings. The number of aromatic nitrogens is 5. The minimum absolute atomic E-state index is 0.161. The Morgan fingerprint density at radius 3 is 2.78 bits per heavy atom. The van der Waals surface area contributed by atoms with Crippen molar-refractivity contribution in [1.82, 2.24) is 29.8 Å². The number of carbonyl (C=O) groups excluding carboxylic acids is 1. The number of para-hydroxylation sites is 1. The fraction of sp³-hybridized carbons (Fsp3) is 0.263. The van der Waals surface area contributed by atoms with Crippen molar-refractivity contribution in [1.29, 1.82) is 0 Å². The lowest BCUT2D eigenvalue weighted by Gasteiger charge is -2.35. The van der Waals surface area contributed by atoms with Crippen LogP contribution >= 0.6 is 0 Å². The number of aromatic amines is 2. The first kappa shape index (κ1) is 15.8. The van der Waals surface area contributed by atoms with Gasteiger partial charge in [-0.2, -0.15) is 0 Å². The normalized spacial score (nSPS) is 15.0. The van der Waals surface area contributed by atoms with Crippen LogP contribution in [0, 0.1) is 0 Å². The molecule has 4 heterocycles. The highest BCUT2D eigenvalue weighted by Gasteiger charge is 2.24. The summed E-state index contributed by atoms with van der Waals surface area (Å²) in [6.07, 6.45) is 5.52. The van der Waals surface area contributed by atoms with Crippen molar-refractivity contribution in [3.8, 4) is 0 Å². The molecule has 0 radical (unpaired) electrons. The van der Waals surface area contributed by atoms with Gasteiger partial charge in [-0.3, -0.25) is 4.79 Å². The highest BCUT2D eigenvalue weighted by Crippen LogP contribution is 2.22. The Kier molecular flexibility index (Phi) is 3.74. The monoisotopic (exact) mass is 361 g/mol. The zero-order valence-corrected chi connectivity index (χ0v) is 14.7. The van der Waals surface area contributed by atoms with Crippen molar-refractivity contribution in [2.45, 2.75) is 6.42 Å². The second kappa shape index (κ2) is 6.39.